The molecule has 3 aromatic rings. The lowest BCUT2D eigenvalue weighted by Crippen LogP contribution is -2.44. The fraction of sp³-hybridized carbons (Fsp3) is 0.391. The highest BCUT2D eigenvalue weighted by Crippen LogP contribution is 2.24. The van der Waals surface area contributed by atoms with E-state index in [1.807, 2.05) is 55.8 Å². The van der Waals surface area contributed by atoms with Gasteiger partial charge in [0.15, 0.2) is 0 Å². The highest BCUT2D eigenvalue weighted by atomic mass is 79.9. The topological polar surface area (TPSA) is 82.4 Å². The van der Waals surface area contributed by atoms with Crippen molar-refractivity contribution in [1.82, 2.24) is 24.4 Å². The summed E-state index contributed by atoms with van der Waals surface area (Å²) >= 11 is 3.49. The van der Waals surface area contributed by atoms with E-state index in [4.69, 9.17) is 9.47 Å². The van der Waals surface area contributed by atoms with Crippen molar-refractivity contribution in [3.8, 4) is 23.0 Å². The second kappa shape index (κ2) is 9.28. The highest BCUT2D eigenvalue weighted by molar-refractivity contribution is 9.10. The van der Waals surface area contributed by atoms with Gasteiger partial charge in [-0.05, 0) is 32.9 Å². The molecule has 168 valence electrons. The fourth-order valence-electron chi connectivity index (χ4n) is 3.43. The van der Waals surface area contributed by atoms with Crippen molar-refractivity contribution in [2.24, 2.45) is 0 Å². The number of nitrogens with zero attached hydrogens (tertiary/aromatic N) is 5. The van der Waals surface area contributed by atoms with E-state index in [1.54, 1.807) is 17.3 Å². The van der Waals surface area contributed by atoms with Gasteiger partial charge < -0.3 is 14.4 Å². The van der Waals surface area contributed by atoms with E-state index in [0.717, 1.165) is 28.6 Å². The van der Waals surface area contributed by atoms with Crippen LogP contribution in [0.3, 0.4) is 0 Å². The molecule has 3 heterocycles. The minimum atomic E-state index is -0.494. The molecular formula is C23H26BrN5O3. The minimum Gasteiger partial charge on any atom is -0.474 e. The average molecular weight is 500 g/mol. The number of piperidine rings is 1. The van der Waals surface area contributed by atoms with Gasteiger partial charge in [0, 0.05) is 48.2 Å². The number of imidazole rings is 1. The summed E-state index contributed by atoms with van der Waals surface area (Å²) < 4.78 is 14.4. The van der Waals surface area contributed by atoms with Gasteiger partial charge in [-0.3, -0.25) is 4.57 Å². The second-order valence-electron chi connectivity index (χ2n) is 8.68. The van der Waals surface area contributed by atoms with Crippen LogP contribution in [0.25, 0.3) is 17.1 Å². The van der Waals surface area contributed by atoms with Gasteiger partial charge in [0.1, 0.15) is 30.2 Å². The molecule has 1 amide bonds. The molecule has 0 radical (unpaired) electrons. The number of hydrogen-bond acceptors (Lipinski definition) is 6. The summed E-state index contributed by atoms with van der Waals surface area (Å²) in [5.41, 5.74) is 1.37. The molecule has 1 aliphatic heterocycles. The fourth-order valence-corrected chi connectivity index (χ4v) is 3.83. The maximum atomic E-state index is 12.2. The van der Waals surface area contributed by atoms with Crippen molar-refractivity contribution in [2.45, 2.75) is 45.3 Å². The maximum absolute atomic E-state index is 12.2. The normalized spacial score (nSPS) is 14.9. The van der Waals surface area contributed by atoms with Crippen molar-refractivity contribution in [3.63, 3.8) is 0 Å². The average Bonchev–Trinajstić information content (AvgIpc) is 3.24. The van der Waals surface area contributed by atoms with E-state index in [-0.39, 0.29) is 12.2 Å². The molecule has 4 rings (SSSR count). The third-order valence-corrected chi connectivity index (χ3v) is 5.47. The second-order valence-corrected chi connectivity index (χ2v) is 9.59. The lowest BCUT2D eigenvalue weighted by atomic mass is 10.1. The first-order valence-corrected chi connectivity index (χ1v) is 11.3. The maximum Gasteiger partial charge on any atom is 0.410 e. The molecule has 8 nitrogen and oxygen atoms in total. The van der Waals surface area contributed by atoms with Crippen LogP contribution in [0.5, 0.6) is 5.88 Å². The van der Waals surface area contributed by atoms with Gasteiger partial charge >= 0.3 is 6.09 Å². The molecule has 0 atom stereocenters. The number of amides is 1. The van der Waals surface area contributed by atoms with Crippen LogP contribution in [0.1, 0.15) is 33.6 Å². The smallest absolute Gasteiger partial charge is 0.410 e. The minimum absolute atomic E-state index is 0.0172. The Labute approximate surface area is 195 Å². The van der Waals surface area contributed by atoms with Gasteiger partial charge in [-0.25, -0.2) is 19.7 Å². The molecule has 2 aromatic heterocycles. The largest absolute Gasteiger partial charge is 0.474 e. The summed E-state index contributed by atoms with van der Waals surface area (Å²) in [6.45, 7) is 6.80. The van der Waals surface area contributed by atoms with Crippen LogP contribution in [0.4, 0.5) is 4.79 Å². The Kier molecular flexibility index (Phi) is 6.45. The number of carbonyl (C=O) groups is 1. The van der Waals surface area contributed by atoms with Crippen LogP contribution in [0.15, 0.2) is 53.7 Å². The van der Waals surface area contributed by atoms with Crippen LogP contribution >= 0.6 is 15.9 Å². The first kappa shape index (κ1) is 22.3. The summed E-state index contributed by atoms with van der Waals surface area (Å²) in [6.07, 6.45) is 6.28. The Morgan fingerprint density at radius 3 is 2.62 bits per heavy atom. The zero-order chi connectivity index (χ0) is 22.7. The standard InChI is InChI=1S/C23H26BrN5O3/c1-23(2,3)32-22(30)28-9-7-18(8-10-28)31-21-12-20(25-14-26-21)29-13-19(27-15-29)16-5-4-6-17(24)11-16/h4-6,11-15,18H,7-10H2,1-3H3. The van der Waals surface area contributed by atoms with E-state index >= 15 is 0 Å². The van der Waals surface area contributed by atoms with E-state index in [1.165, 1.54) is 6.33 Å². The number of carbonyl (C=O) groups excluding carboxylic acids is 1. The summed E-state index contributed by atoms with van der Waals surface area (Å²) in [4.78, 5) is 27.1. The van der Waals surface area contributed by atoms with E-state index in [9.17, 15) is 4.79 Å². The Balaban J connectivity index is 1.38. The molecule has 1 saturated heterocycles. The first-order chi connectivity index (χ1) is 15.3. The molecule has 1 aliphatic rings. The van der Waals surface area contributed by atoms with Gasteiger partial charge in [-0.15, -0.1) is 0 Å². The zero-order valence-electron chi connectivity index (χ0n) is 18.4. The van der Waals surface area contributed by atoms with Gasteiger partial charge in [0.2, 0.25) is 5.88 Å². The first-order valence-electron chi connectivity index (χ1n) is 10.5. The molecule has 9 heteroatoms. The summed E-state index contributed by atoms with van der Waals surface area (Å²) in [6, 6.07) is 9.78. The molecule has 0 unspecified atom stereocenters. The van der Waals surface area contributed by atoms with Gasteiger partial charge in [0.25, 0.3) is 0 Å². The number of halogens is 1. The molecule has 0 bridgehead atoms. The Bertz CT molecular complexity index is 1090. The molecule has 0 aliphatic carbocycles. The van der Waals surface area contributed by atoms with Gasteiger partial charge in [-0.1, -0.05) is 28.1 Å². The van der Waals surface area contributed by atoms with Crippen LogP contribution in [-0.4, -0.2) is 55.3 Å². The summed E-state index contributed by atoms with van der Waals surface area (Å²) in [5, 5.41) is 0. The molecule has 1 fully saturated rings. The summed E-state index contributed by atoms with van der Waals surface area (Å²) in [5.74, 6) is 1.18. The predicted octanol–water partition coefficient (Wildman–Crippen LogP) is 4.87. The summed E-state index contributed by atoms with van der Waals surface area (Å²) in [7, 11) is 0. The highest BCUT2D eigenvalue weighted by Gasteiger charge is 2.27. The zero-order valence-corrected chi connectivity index (χ0v) is 19.9. The van der Waals surface area contributed by atoms with Crippen molar-refractivity contribution < 1.29 is 14.3 Å². The molecule has 0 saturated carbocycles. The van der Waals surface area contributed by atoms with Crippen molar-refractivity contribution >= 4 is 22.0 Å². The lowest BCUT2D eigenvalue weighted by Gasteiger charge is -2.33. The number of aromatic nitrogens is 4. The van der Waals surface area contributed by atoms with Crippen molar-refractivity contribution in [1.29, 1.82) is 0 Å². The third-order valence-electron chi connectivity index (χ3n) is 4.98. The predicted molar refractivity (Wildman–Crippen MR) is 124 cm³/mol. The van der Waals surface area contributed by atoms with Crippen LogP contribution in [-0.2, 0) is 4.74 Å². The van der Waals surface area contributed by atoms with E-state index < -0.39 is 5.60 Å². The third kappa shape index (κ3) is 5.64. The molecular weight excluding hydrogens is 474 g/mol. The number of hydrogen-bond donors (Lipinski definition) is 0. The molecule has 32 heavy (non-hydrogen) atoms. The van der Waals surface area contributed by atoms with Crippen LogP contribution in [0.2, 0.25) is 0 Å². The van der Waals surface area contributed by atoms with Gasteiger partial charge in [-0.2, -0.15) is 0 Å². The van der Waals surface area contributed by atoms with E-state index in [0.29, 0.717) is 24.8 Å². The Hall–Kier alpha value is -2.94. The lowest BCUT2D eigenvalue weighted by molar-refractivity contribution is 0.0123. The number of likely N-dealkylation sites (tertiary alicyclic amines) is 1. The van der Waals surface area contributed by atoms with E-state index in [2.05, 4.69) is 30.9 Å². The number of ether oxygens (including phenoxy) is 2. The van der Waals surface area contributed by atoms with Crippen molar-refractivity contribution in [3.05, 3.63) is 53.7 Å². The molecule has 0 N–H and O–H groups in total. The Morgan fingerprint density at radius 1 is 1.12 bits per heavy atom. The number of rotatable bonds is 4. The Morgan fingerprint density at radius 2 is 1.91 bits per heavy atom. The number of benzene rings is 1. The SMILES string of the molecule is CC(C)(C)OC(=O)N1CCC(Oc2cc(-n3cnc(-c4cccc(Br)c4)c3)ncn2)CC1. The quantitative estimate of drug-likeness (QED) is 0.509. The molecule has 0 spiro atoms. The monoisotopic (exact) mass is 499 g/mol. The molecule has 1 aromatic carbocycles. The van der Waals surface area contributed by atoms with Crippen LogP contribution in [0, 0.1) is 0 Å². The van der Waals surface area contributed by atoms with Crippen molar-refractivity contribution in [2.75, 3.05) is 13.1 Å². The van der Waals surface area contributed by atoms with Crippen LogP contribution < -0.4 is 4.74 Å². The van der Waals surface area contributed by atoms with Gasteiger partial charge in [0.05, 0.1) is 5.69 Å².